The Morgan fingerprint density at radius 1 is 1.38 bits per heavy atom. The predicted octanol–water partition coefficient (Wildman–Crippen LogP) is -0.460. The molecule has 13 heavy (non-hydrogen) atoms. The summed E-state index contributed by atoms with van der Waals surface area (Å²) in [6.45, 7) is 0. The molecule has 1 heterocycles. The summed E-state index contributed by atoms with van der Waals surface area (Å²) in [7, 11) is -6.63. The van der Waals surface area contributed by atoms with E-state index in [1.165, 1.54) is 0 Å². The lowest BCUT2D eigenvalue weighted by Gasteiger charge is -2.20. The fraction of sp³-hybridized carbons (Fsp3) is 1.00. The molecule has 1 aliphatic rings. The molecule has 1 rings (SSSR count). The molecular weight excluding hydrogens is 216 g/mol. The summed E-state index contributed by atoms with van der Waals surface area (Å²) in [6.07, 6.45) is 1.21. The maximum absolute atomic E-state index is 11.1. The number of rotatable bonds is 2. The summed E-state index contributed by atoms with van der Waals surface area (Å²) >= 11 is 0. The molecule has 0 aromatic heterocycles. The summed E-state index contributed by atoms with van der Waals surface area (Å²) in [6, 6.07) is 0. The fourth-order valence-electron chi connectivity index (χ4n) is 1.30. The van der Waals surface area contributed by atoms with Crippen LogP contribution in [-0.4, -0.2) is 40.7 Å². The van der Waals surface area contributed by atoms with Crippen LogP contribution in [0.15, 0.2) is 0 Å². The molecule has 0 aliphatic carbocycles. The molecule has 0 saturated carbocycles. The van der Waals surface area contributed by atoms with Gasteiger partial charge in [-0.2, -0.15) is 8.42 Å². The van der Waals surface area contributed by atoms with E-state index in [2.05, 4.69) is 4.18 Å². The Morgan fingerprint density at radius 3 is 2.46 bits per heavy atom. The van der Waals surface area contributed by atoms with Gasteiger partial charge in [-0.1, -0.05) is 0 Å². The zero-order chi connectivity index (χ0) is 10.1. The Morgan fingerprint density at radius 2 is 2.00 bits per heavy atom. The van der Waals surface area contributed by atoms with E-state index in [4.69, 9.17) is 0 Å². The van der Waals surface area contributed by atoms with Crippen LogP contribution in [0.4, 0.5) is 0 Å². The summed E-state index contributed by atoms with van der Waals surface area (Å²) in [4.78, 5) is 0. The van der Waals surface area contributed by atoms with Crippen molar-refractivity contribution in [2.24, 2.45) is 0 Å². The molecule has 0 aromatic carbocycles. The lowest BCUT2D eigenvalue weighted by molar-refractivity contribution is 0.217. The van der Waals surface area contributed by atoms with Gasteiger partial charge in [0, 0.05) is 0 Å². The third-order valence-electron chi connectivity index (χ3n) is 1.73. The van der Waals surface area contributed by atoms with Gasteiger partial charge < -0.3 is 0 Å². The van der Waals surface area contributed by atoms with Crippen LogP contribution in [0.5, 0.6) is 0 Å². The molecule has 0 aromatic rings. The summed E-state index contributed by atoms with van der Waals surface area (Å²) < 4.78 is 48.1. The summed E-state index contributed by atoms with van der Waals surface area (Å²) in [5.74, 6) is -0.0449. The molecule has 7 heteroatoms. The van der Waals surface area contributed by atoms with Crippen LogP contribution < -0.4 is 0 Å². The maximum atomic E-state index is 11.1. The van der Waals surface area contributed by atoms with Crippen LogP contribution in [0.25, 0.3) is 0 Å². The molecule has 78 valence electrons. The van der Waals surface area contributed by atoms with Crippen molar-refractivity contribution in [1.82, 2.24) is 0 Å². The van der Waals surface area contributed by atoms with Gasteiger partial charge >= 0.3 is 0 Å². The van der Waals surface area contributed by atoms with Gasteiger partial charge in [-0.15, -0.1) is 0 Å². The zero-order valence-corrected chi connectivity index (χ0v) is 8.90. The van der Waals surface area contributed by atoms with Crippen LogP contribution in [0.2, 0.25) is 0 Å². The second-order valence-electron chi connectivity index (χ2n) is 3.18. The largest absolute Gasteiger partial charge is 0.266 e. The van der Waals surface area contributed by atoms with Crippen molar-refractivity contribution in [1.29, 1.82) is 0 Å². The van der Waals surface area contributed by atoms with Gasteiger partial charge in [0.1, 0.15) is 0 Å². The average molecular weight is 228 g/mol. The third-order valence-corrected chi connectivity index (χ3v) is 4.14. The van der Waals surface area contributed by atoms with E-state index in [0.717, 1.165) is 6.26 Å². The van der Waals surface area contributed by atoms with E-state index in [1.54, 1.807) is 0 Å². The van der Waals surface area contributed by atoms with E-state index in [-0.39, 0.29) is 11.5 Å². The van der Waals surface area contributed by atoms with Gasteiger partial charge in [0.2, 0.25) is 0 Å². The molecule has 1 atom stereocenters. The molecular formula is C6H12O5S2. The minimum atomic E-state index is -3.54. The molecule has 5 nitrogen and oxygen atoms in total. The first-order valence-electron chi connectivity index (χ1n) is 3.87. The monoisotopic (exact) mass is 228 g/mol. The SMILES string of the molecule is CS(=O)(=O)OC1CCCS(=O)(=O)C1. The lowest BCUT2D eigenvalue weighted by Crippen LogP contribution is -2.32. The molecule has 0 N–H and O–H groups in total. The van der Waals surface area contributed by atoms with Crippen molar-refractivity contribution >= 4 is 20.0 Å². The van der Waals surface area contributed by atoms with E-state index >= 15 is 0 Å². The van der Waals surface area contributed by atoms with Crippen LogP contribution in [0.3, 0.4) is 0 Å². The molecule has 0 amide bonds. The number of hydrogen-bond acceptors (Lipinski definition) is 5. The Bertz CT molecular complexity index is 364. The Kier molecular flexibility index (Phi) is 2.98. The first-order chi connectivity index (χ1) is 5.79. The summed E-state index contributed by atoms with van der Waals surface area (Å²) in [5.41, 5.74) is 0. The average Bonchev–Trinajstić information content (AvgIpc) is 1.79. The maximum Gasteiger partial charge on any atom is 0.264 e. The number of hydrogen-bond donors (Lipinski definition) is 0. The minimum Gasteiger partial charge on any atom is -0.266 e. The van der Waals surface area contributed by atoms with Gasteiger partial charge in [-0.25, -0.2) is 8.42 Å². The Labute approximate surface area is 78.1 Å². The molecule has 1 unspecified atom stereocenters. The molecule has 0 bridgehead atoms. The highest BCUT2D eigenvalue weighted by Crippen LogP contribution is 2.16. The molecule has 1 aliphatic heterocycles. The van der Waals surface area contributed by atoms with E-state index in [0.29, 0.717) is 12.8 Å². The van der Waals surface area contributed by atoms with E-state index in [1.807, 2.05) is 0 Å². The van der Waals surface area contributed by atoms with Crippen LogP contribution >= 0.6 is 0 Å². The van der Waals surface area contributed by atoms with Crippen LogP contribution in [0, 0.1) is 0 Å². The smallest absolute Gasteiger partial charge is 0.264 e. The second kappa shape index (κ2) is 3.55. The fourth-order valence-corrected chi connectivity index (χ4v) is 3.62. The van der Waals surface area contributed by atoms with Crippen LogP contribution in [-0.2, 0) is 24.1 Å². The quantitative estimate of drug-likeness (QED) is 0.598. The van der Waals surface area contributed by atoms with E-state index in [9.17, 15) is 16.8 Å². The van der Waals surface area contributed by atoms with Crippen molar-refractivity contribution in [2.75, 3.05) is 17.8 Å². The molecule has 0 radical (unpaired) electrons. The van der Waals surface area contributed by atoms with Gasteiger partial charge in [0.15, 0.2) is 9.84 Å². The van der Waals surface area contributed by atoms with Gasteiger partial charge in [-0.05, 0) is 12.8 Å². The van der Waals surface area contributed by atoms with Gasteiger partial charge in [0.05, 0.1) is 23.9 Å². The number of sulfone groups is 1. The highest BCUT2D eigenvalue weighted by Gasteiger charge is 2.27. The van der Waals surface area contributed by atoms with Gasteiger partial charge in [0.25, 0.3) is 10.1 Å². The first kappa shape index (κ1) is 10.9. The first-order valence-corrected chi connectivity index (χ1v) is 7.51. The topological polar surface area (TPSA) is 77.5 Å². The summed E-state index contributed by atoms with van der Waals surface area (Å²) in [5, 5.41) is 0. The highest BCUT2D eigenvalue weighted by atomic mass is 32.2. The van der Waals surface area contributed by atoms with Crippen molar-refractivity contribution < 1.29 is 21.0 Å². The Balaban J connectivity index is 2.64. The second-order valence-corrected chi connectivity index (χ2v) is 7.01. The predicted molar refractivity (Wildman–Crippen MR) is 47.6 cm³/mol. The molecule has 0 spiro atoms. The molecule has 1 fully saturated rings. The van der Waals surface area contributed by atoms with E-state index < -0.39 is 26.1 Å². The standard InChI is InChI=1S/C6H12O5S2/c1-12(7,8)11-6-3-2-4-13(9,10)5-6/h6H,2-5H2,1H3. The van der Waals surface area contributed by atoms with Crippen molar-refractivity contribution in [2.45, 2.75) is 18.9 Å². The minimum absolute atomic E-state index is 0.136. The molecule has 1 saturated heterocycles. The zero-order valence-electron chi connectivity index (χ0n) is 7.26. The van der Waals surface area contributed by atoms with Crippen LogP contribution in [0.1, 0.15) is 12.8 Å². The normalized spacial score (nSPS) is 28.5. The van der Waals surface area contributed by atoms with Crippen molar-refractivity contribution in [3.63, 3.8) is 0 Å². The third kappa shape index (κ3) is 4.06. The highest BCUT2D eigenvalue weighted by molar-refractivity contribution is 7.91. The van der Waals surface area contributed by atoms with Crippen molar-refractivity contribution in [3.8, 4) is 0 Å². The van der Waals surface area contributed by atoms with Gasteiger partial charge in [-0.3, -0.25) is 4.18 Å². The van der Waals surface area contributed by atoms with Crippen molar-refractivity contribution in [3.05, 3.63) is 0 Å². The Hall–Kier alpha value is -0.140. The lowest BCUT2D eigenvalue weighted by atomic mass is 10.2.